The Morgan fingerprint density at radius 3 is 1.42 bits per heavy atom. The minimum absolute atomic E-state index is 0.140. The lowest BCUT2D eigenvalue weighted by atomic mass is 10.1. The zero-order valence-corrected chi connectivity index (χ0v) is 37.9. The second-order valence-electron chi connectivity index (χ2n) is 14.8. The Bertz CT molecular complexity index is 1340. The number of carboxylic acid groups (broad SMARTS) is 1. The molecule has 0 aliphatic heterocycles. The third-order valence-corrected chi connectivity index (χ3v) is 10.1. The summed E-state index contributed by atoms with van der Waals surface area (Å²) in [6.07, 6.45) is 52.1. The van der Waals surface area contributed by atoms with Gasteiger partial charge in [-0.05, 0) is 89.9 Å². The summed E-state index contributed by atoms with van der Waals surface area (Å²) in [5.74, 6) is -2.44. The molecular formula is C48H80NO10P. The van der Waals surface area contributed by atoms with Gasteiger partial charge >= 0.3 is 25.7 Å². The van der Waals surface area contributed by atoms with Gasteiger partial charge in [0, 0.05) is 12.8 Å². The van der Waals surface area contributed by atoms with Crippen molar-refractivity contribution in [1.29, 1.82) is 0 Å². The first-order valence-corrected chi connectivity index (χ1v) is 24.1. The summed E-state index contributed by atoms with van der Waals surface area (Å²) < 4.78 is 32.7. The van der Waals surface area contributed by atoms with Gasteiger partial charge in [-0.2, -0.15) is 0 Å². The van der Waals surface area contributed by atoms with Gasteiger partial charge in [-0.25, -0.2) is 4.57 Å². The van der Waals surface area contributed by atoms with E-state index in [1.165, 1.54) is 38.5 Å². The third kappa shape index (κ3) is 41.4. The molecule has 60 heavy (non-hydrogen) atoms. The molecule has 11 nitrogen and oxygen atoms in total. The molecule has 4 N–H and O–H groups in total. The number of carboxylic acids is 1. The highest BCUT2D eigenvalue weighted by atomic mass is 31.2. The summed E-state index contributed by atoms with van der Waals surface area (Å²) in [5, 5.41) is 8.90. The largest absolute Gasteiger partial charge is 0.480 e. The van der Waals surface area contributed by atoms with E-state index in [1.54, 1.807) is 0 Å². The zero-order chi connectivity index (χ0) is 44.2. The predicted octanol–water partition coefficient (Wildman–Crippen LogP) is 12.3. The highest BCUT2D eigenvalue weighted by molar-refractivity contribution is 7.47. The molecular weight excluding hydrogens is 781 g/mol. The number of phosphoric acid groups is 1. The van der Waals surface area contributed by atoms with Crippen molar-refractivity contribution in [2.75, 3.05) is 19.8 Å². The lowest BCUT2D eigenvalue weighted by Gasteiger charge is -2.20. The highest BCUT2D eigenvalue weighted by Crippen LogP contribution is 2.43. The van der Waals surface area contributed by atoms with E-state index in [1.807, 2.05) is 0 Å². The van der Waals surface area contributed by atoms with E-state index >= 15 is 0 Å². The van der Waals surface area contributed by atoms with Crippen LogP contribution in [0.5, 0.6) is 0 Å². The maximum absolute atomic E-state index is 12.6. The number of phosphoric ester groups is 1. The van der Waals surface area contributed by atoms with Crippen LogP contribution in [0.1, 0.15) is 168 Å². The molecule has 342 valence electrons. The van der Waals surface area contributed by atoms with Crippen LogP contribution in [-0.2, 0) is 37.5 Å². The van der Waals surface area contributed by atoms with Crippen molar-refractivity contribution in [3.05, 3.63) is 85.1 Å². The number of ether oxygens (including phenoxy) is 2. The van der Waals surface area contributed by atoms with Crippen molar-refractivity contribution in [2.24, 2.45) is 5.73 Å². The molecule has 3 atom stereocenters. The van der Waals surface area contributed by atoms with Crippen LogP contribution in [0.4, 0.5) is 0 Å². The number of hydrogen-bond acceptors (Lipinski definition) is 9. The van der Waals surface area contributed by atoms with Crippen LogP contribution in [0.3, 0.4) is 0 Å². The SMILES string of the molecule is CC/C=C\C/C=C\C/C=C\C/C=C\C/C=C\CCCCCC(=O)OC[C@H](COP(=O)(O)OC[C@H](N)C(=O)O)OC(=O)CCCCCCCCC/C=C\C/C=C\CCCCC. The number of hydrogen-bond donors (Lipinski definition) is 3. The number of unbranched alkanes of at least 4 members (excludes halogenated alkanes) is 13. The summed E-state index contributed by atoms with van der Waals surface area (Å²) in [5.41, 5.74) is 5.34. The van der Waals surface area contributed by atoms with Crippen molar-refractivity contribution in [1.82, 2.24) is 0 Å². The normalized spacial score (nSPS) is 14.5. The van der Waals surface area contributed by atoms with Crippen molar-refractivity contribution in [2.45, 2.75) is 180 Å². The Balaban J connectivity index is 4.43. The molecule has 0 fully saturated rings. The van der Waals surface area contributed by atoms with Crippen molar-refractivity contribution in [3.63, 3.8) is 0 Å². The fourth-order valence-electron chi connectivity index (χ4n) is 5.59. The van der Waals surface area contributed by atoms with Crippen molar-refractivity contribution >= 4 is 25.7 Å². The zero-order valence-electron chi connectivity index (χ0n) is 37.0. The number of rotatable bonds is 41. The van der Waals surface area contributed by atoms with Gasteiger partial charge < -0.3 is 25.2 Å². The standard InChI is InChI=1S/C48H80NO10P/c1-3-5-7-9-11-13-15-17-19-21-22-24-25-27-29-31-33-35-37-39-46(50)56-41-44(42-57-60(54,55)58-43-45(49)48(52)53)59-47(51)40-38-36-34-32-30-28-26-23-20-18-16-14-12-10-8-6-4-2/h5,7,11-14,17-20,22,24,27,29,44-45H,3-4,6,8-10,15-16,21,23,25-26,28,30-43,49H2,1-2H3,(H,52,53)(H,54,55)/b7-5-,13-11-,14-12-,19-17-,20-18-,24-22-,29-27-/t44-,45+/m1/s1. The molecule has 0 aromatic carbocycles. The summed E-state index contributed by atoms with van der Waals surface area (Å²) in [4.78, 5) is 46.0. The first-order chi connectivity index (χ1) is 29.1. The second kappa shape index (κ2) is 42.4. The van der Waals surface area contributed by atoms with E-state index < -0.39 is 51.1 Å². The molecule has 0 aliphatic carbocycles. The Morgan fingerprint density at radius 1 is 0.533 bits per heavy atom. The monoisotopic (exact) mass is 862 g/mol. The Kier molecular flexibility index (Phi) is 40.0. The van der Waals surface area contributed by atoms with Crippen molar-refractivity contribution in [3.8, 4) is 0 Å². The van der Waals surface area contributed by atoms with Crippen LogP contribution < -0.4 is 5.73 Å². The van der Waals surface area contributed by atoms with Crippen LogP contribution in [-0.4, -0.2) is 59.9 Å². The average Bonchev–Trinajstić information content (AvgIpc) is 3.22. The fourth-order valence-corrected chi connectivity index (χ4v) is 6.37. The minimum Gasteiger partial charge on any atom is -0.480 e. The summed E-state index contributed by atoms with van der Waals surface area (Å²) >= 11 is 0. The van der Waals surface area contributed by atoms with Crippen LogP contribution >= 0.6 is 7.82 Å². The predicted molar refractivity (Wildman–Crippen MR) is 244 cm³/mol. The molecule has 0 spiro atoms. The van der Waals surface area contributed by atoms with Gasteiger partial charge in [-0.3, -0.25) is 23.4 Å². The Morgan fingerprint density at radius 2 is 0.933 bits per heavy atom. The molecule has 0 amide bonds. The quantitative estimate of drug-likeness (QED) is 0.0231. The van der Waals surface area contributed by atoms with E-state index in [0.29, 0.717) is 12.8 Å². The fraction of sp³-hybridized carbons (Fsp3) is 0.646. The molecule has 0 saturated heterocycles. The smallest absolute Gasteiger partial charge is 0.472 e. The van der Waals surface area contributed by atoms with Gasteiger partial charge in [0.25, 0.3) is 0 Å². The molecule has 1 unspecified atom stereocenters. The maximum Gasteiger partial charge on any atom is 0.472 e. The number of allylic oxidation sites excluding steroid dienone is 14. The third-order valence-electron chi connectivity index (χ3n) is 9.13. The number of carbonyl (C=O) groups is 3. The topological polar surface area (TPSA) is 172 Å². The number of nitrogens with two attached hydrogens (primary N) is 1. The first kappa shape index (κ1) is 56.7. The van der Waals surface area contributed by atoms with E-state index in [4.69, 9.17) is 24.8 Å². The number of aliphatic carboxylic acids is 1. The van der Waals surface area contributed by atoms with Gasteiger partial charge in [-0.15, -0.1) is 0 Å². The molecule has 12 heteroatoms. The van der Waals surface area contributed by atoms with E-state index in [-0.39, 0.29) is 19.4 Å². The van der Waals surface area contributed by atoms with Crippen LogP contribution in [0.2, 0.25) is 0 Å². The molecule has 0 rings (SSSR count). The van der Waals surface area contributed by atoms with Gasteiger partial charge in [0.05, 0.1) is 13.2 Å². The van der Waals surface area contributed by atoms with Crippen molar-refractivity contribution < 1.29 is 47.5 Å². The summed E-state index contributed by atoms with van der Waals surface area (Å²) in [6, 6.07) is -1.53. The molecule has 0 bridgehead atoms. The molecule has 0 aromatic heterocycles. The van der Waals surface area contributed by atoms with Crippen LogP contribution in [0.25, 0.3) is 0 Å². The maximum atomic E-state index is 12.6. The number of esters is 2. The van der Waals surface area contributed by atoms with E-state index in [9.17, 15) is 23.8 Å². The number of carbonyl (C=O) groups excluding carboxylic acids is 2. The molecule has 0 aliphatic rings. The lowest BCUT2D eigenvalue weighted by molar-refractivity contribution is -0.161. The molecule has 0 heterocycles. The molecule has 0 saturated carbocycles. The van der Waals surface area contributed by atoms with E-state index in [2.05, 4.69) is 103 Å². The highest BCUT2D eigenvalue weighted by Gasteiger charge is 2.28. The lowest BCUT2D eigenvalue weighted by Crippen LogP contribution is -2.34. The minimum atomic E-state index is -4.73. The Labute approximate surface area is 362 Å². The van der Waals surface area contributed by atoms with Crippen LogP contribution in [0, 0.1) is 0 Å². The Hall–Kier alpha value is -3.34. The molecule has 0 radical (unpaired) electrons. The molecule has 0 aromatic rings. The van der Waals surface area contributed by atoms with Gasteiger partial charge in [0.1, 0.15) is 12.6 Å². The van der Waals surface area contributed by atoms with E-state index in [0.717, 1.165) is 89.9 Å². The van der Waals surface area contributed by atoms with Crippen LogP contribution in [0.15, 0.2) is 85.1 Å². The summed E-state index contributed by atoms with van der Waals surface area (Å²) in [7, 11) is -4.73. The van der Waals surface area contributed by atoms with Gasteiger partial charge in [-0.1, -0.05) is 150 Å². The first-order valence-electron chi connectivity index (χ1n) is 22.6. The average molecular weight is 862 g/mol. The summed E-state index contributed by atoms with van der Waals surface area (Å²) in [6.45, 7) is 2.61. The van der Waals surface area contributed by atoms with Gasteiger partial charge in [0.15, 0.2) is 6.10 Å². The van der Waals surface area contributed by atoms with Gasteiger partial charge in [0.2, 0.25) is 0 Å². The second-order valence-corrected chi connectivity index (χ2v) is 16.2.